The lowest BCUT2D eigenvalue weighted by atomic mass is 9.70. The highest BCUT2D eigenvalue weighted by Gasteiger charge is 2.69. The summed E-state index contributed by atoms with van der Waals surface area (Å²) in [6.07, 6.45) is 6.54. The first-order valence-electron chi connectivity index (χ1n) is 11.1. The number of rotatable bonds is 4. The first-order chi connectivity index (χ1) is 14.5. The number of hydrogen-bond acceptors (Lipinski definition) is 4. The maximum atomic E-state index is 14.0. The van der Waals surface area contributed by atoms with E-state index in [9.17, 15) is 4.79 Å². The Bertz CT molecular complexity index is 956. The molecule has 3 aliphatic rings. The maximum absolute atomic E-state index is 14.0. The van der Waals surface area contributed by atoms with Gasteiger partial charge < -0.3 is 14.5 Å². The van der Waals surface area contributed by atoms with Gasteiger partial charge in [0.2, 0.25) is 0 Å². The van der Waals surface area contributed by atoms with Crippen LogP contribution in [0.4, 0.5) is 5.69 Å². The maximum Gasteiger partial charge on any atom is 0.264 e. The number of carbonyl (C=O) groups excluding carboxylic acids is 1. The van der Waals surface area contributed by atoms with Crippen LogP contribution in [0.3, 0.4) is 0 Å². The van der Waals surface area contributed by atoms with Crippen LogP contribution in [0.2, 0.25) is 0 Å². The Morgan fingerprint density at radius 2 is 1.83 bits per heavy atom. The van der Waals surface area contributed by atoms with E-state index in [0.29, 0.717) is 12.6 Å². The van der Waals surface area contributed by atoms with Gasteiger partial charge >= 0.3 is 0 Å². The first kappa shape index (κ1) is 19.4. The quantitative estimate of drug-likeness (QED) is 0.846. The summed E-state index contributed by atoms with van der Waals surface area (Å²) in [4.78, 5) is 18.1. The third-order valence-corrected chi connectivity index (χ3v) is 7.73. The van der Waals surface area contributed by atoms with E-state index < -0.39 is 11.1 Å². The van der Waals surface area contributed by atoms with E-state index in [0.717, 1.165) is 36.3 Å². The van der Waals surface area contributed by atoms with Crippen molar-refractivity contribution in [2.24, 2.45) is 5.73 Å². The normalized spacial score (nSPS) is 28.6. The van der Waals surface area contributed by atoms with Crippen LogP contribution in [0, 0.1) is 0 Å². The third-order valence-electron chi connectivity index (χ3n) is 7.73. The third kappa shape index (κ3) is 2.54. The van der Waals surface area contributed by atoms with Gasteiger partial charge in [-0.2, -0.15) is 0 Å². The van der Waals surface area contributed by atoms with E-state index in [1.165, 1.54) is 24.8 Å². The molecule has 2 aromatic rings. The Kier molecular flexibility index (Phi) is 4.55. The van der Waals surface area contributed by atoms with E-state index in [1.54, 1.807) is 7.11 Å². The second kappa shape index (κ2) is 7.02. The van der Waals surface area contributed by atoms with Gasteiger partial charge in [-0.25, -0.2) is 0 Å². The number of benzene rings is 2. The molecule has 2 unspecified atom stereocenters. The largest absolute Gasteiger partial charge is 0.497 e. The molecule has 158 valence electrons. The van der Waals surface area contributed by atoms with Crippen molar-refractivity contribution in [3.8, 4) is 5.75 Å². The van der Waals surface area contributed by atoms with Crippen molar-refractivity contribution in [1.82, 2.24) is 4.90 Å². The molecule has 2 heterocycles. The van der Waals surface area contributed by atoms with E-state index in [-0.39, 0.29) is 5.91 Å². The number of likely N-dealkylation sites (tertiary alicyclic amines) is 1. The topological polar surface area (TPSA) is 58.8 Å². The average Bonchev–Trinajstić information content (AvgIpc) is 3.12. The fourth-order valence-electron chi connectivity index (χ4n) is 6.09. The Balaban J connectivity index is 1.67. The summed E-state index contributed by atoms with van der Waals surface area (Å²) in [6.45, 7) is 0.659. The zero-order valence-electron chi connectivity index (χ0n) is 17.9. The van der Waals surface area contributed by atoms with E-state index >= 15 is 0 Å². The zero-order chi connectivity index (χ0) is 20.9. The Labute approximate surface area is 178 Å². The van der Waals surface area contributed by atoms with Crippen molar-refractivity contribution in [3.63, 3.8) is 0 Å². The second-order valence-electron chi connectivity index (χ2n) is 9.18. The summed E-state index contributed by atoms with van der Waals surface area (Å²) in [5.41, 5.74) is 8.93. The van der Waals surface area contributed by atoms with Crippen LogP contribution in [-0.4, -0.2) is 43.2 Å². The molecule has 5 rings (SSSR count). The number of ether oxygens (including phenoxy) is 1. The molecule has 2 atom stereocenters. The smallest absolute Gasteiger partial charge is 0.264 e. The Morgan fingerprint density at radius 3 is 2.53 bits per heavy atom. The molecule has 2 aliphatic heterocycles. The van der Waals surface area contributed by atoms with Crippen molar-refractivity contribution in [2.75, 3.05) is 25.6 Å². The number of nitrogens with zero attached hydrogens (tertiary/aromatic N) is 2. The molecule has 2 N–H and O–H groups in total. The Morgan fingerprint density at radius 1 is 1.10 bits per heavy atom. The first-order valence-corrected chi connectivity index (χ1v) is 11.1. The average molecular weight is 406 g/mol. The van der Waals surface area contributed by atoms with Crippen molar-refractivity contribution in [2.45, 2.75) is 55.6 Å². The van der Waals surface area contributed by atoms with Crippen molar-refractivity contribution in [3.05, 3.63) is 59.7 Å². The summed E-state index contributed by atoms with van der Waals surface area (Å²) in [5, 5.41) is 0. The van der Waals surface area contributed by atoms with Gasteiger partial charge in [-0.15, -0.1) is 0 Å². The molecule has 1 saturated heterocycles. The molecule has 0 radical (unpaired) electrons. The van der Waals surface area contributed by atoms with Crippen molar-refractivity contribution >= 4 is 11.6 Å². The van der Waals surface area contributed by atoms with Gasteiger partial charge in [0, 0.05) is 25.3 Å². The summed E-state index contributed by atoms with van der Waals surface area (Å²) in [5.74, 6) is 0.880. The van der Waals surface area contributed by atoms with E-state index in [1.807, 2.05) is 30.1 Å². The molecular formula is C25H31N3O2. The molecule has 5 nitrogen and oxygen atoms in total. The van der Waals surface area contributed by atoms with Crippen LogP contribution in [0.25, 0.3) is 0 Å². The molecule has 0 spiro atoms. The van der Waals surface area contributed by atoms with Gasteiger partial charge in [0.25, 0.3) is 5.91 Å². The second-order valence-corrected chi connectivity index (χ2v) is 9.18. The summed E-state index contributed by atoms with van der Waals surface area (Å²) in [7, 11) is 3.66. The van der Waals surface area contributed by atoms with Crippen LogP contribution < -0.4 is 15.4 Å². The van der Waals surface area contributed by atoms with Gasteiger partial charge in [0.1, 0.15) is 5.75 Å². The minimum atomic E-state index is -1.09. The fourth-order valence-corrected chi connectivity index (χ4v) is 6.09. The lowest BCUT2D eigenvalue weighted by molar-refractivity contribution is -0.134. The van der Waals surface area contributed by atoms with Gasteiger partial charge in [0.05, 0.1) is 12.5 Å². The fraction of sp³-hybridized carbons (Fsp3) is 0.480. The summed E-state index contributed by atoms with van der Waals surface area (Å²) < 4.78 is 5.56. The molecule has 0 bridgehead atoms. The molecule has 1 amide bonds. The predicted octanol–water partition coefficient (Wildman–Crippen LogP) is 3.46. The number of likely N-dealkylation sites (N-methyl/N-ethyl adjacent to an activating group) is 1. The number of amides is 1. The van der Waals surface area contributed by atoms with Crippen molar-refractivity contribution < 1.29 is 9.53 Å². The minimum absolute atomic E-state index is 0.0722. The number of fused-ring (bicyclic) bond motifs is 3. The molecule has 5 heteroatoms. The van der Waals surface area contributed by atoms with E-state index in [4.69, 9.17) is 10.5 Å². The van der Waals surface area contributed by atoms with Crippen LogP contribution in [0.15, 0.2) is 48.5 Å². The molecule has 2 aromatic carbocycles. The predicted molar refractivity (Wildman–Crippen MR) is 119 cm³/mol. The van der Waals surface area contributed by atoms with Gasteiger partial charge in [0.15, 0.2) is 5.66 Å². The SMILES string of the molecule is COc1ccc2c(c1)C1(Cc3ccccc3)CN(C3CCCCC3)C(=O)C1(N)N2C. The van der Waals surface area contributed by atoms with Crippen LogP contribution >= 0.6 is 0 Å². The molecule has 1 aliphatic carbocycles. The highest BCUT2D eigenvalue weighted by atomic mass is 16.5. The summed E-state index contributed by atoms with van der Waals surface area (Å²) in [6, 6.07) is 16.8. The molecule has 0 aromatic heterocycles. The number of hydrogen-bond donors (Lipinski definition) is 1. The standard InChI is InChI=1S/C25H31N3O2/c1-27-22-14-13-20(30-2)15-21(22)24(16-18-9-5-3-6-10-18)17-28(23(29)25(24,27)26)19-11-7-4-8-12-19/h3,5-6,9-10,13-15,19H,4,7-8,11-12,16-17,26H2,1-2H3. The van der Waals surface area contributed by atoms with E-state index in [2.05, 4.69) is 35.2 Å². The number of methoxy groups -OCH3 is 1. The zero-order valence-corrected chi connectivity index (χ0v) is 17.9. The molecule has 2 fully saturated rings. The summed E-state index contributed by atoms with van der Waals surface area (Å²) >= 11 is 0. The van der Waals surface area contributed by atoms with Crippen LogP contribution in [0.5, 0.6) is 5.75 Å². The highest BCUT2D eigenvalue weighted by Crippen LogP contribution is 2.56. The lowest BCUT2D eigenvalue weighted by Gasteiger charge is -2.39. The Hall–Kier alpha value is -2.53. The highest BCUT2D eigenvalue weighted by molar-refractivity contribution is 5.98. The number of anilines is 1. The number of nitrogens with two attached hydrogens (primary N) is 1. The number of carbonyl (C=O) groups is 1. The van der Waals surface area contributed by atoms with Gasteiger partial charge in [-0.05, 0) is 48.6 Å². The van der Waals surface area contributed by atoms with Gasteiger partial charge in [-0.1, -0.05) is 49.6 Å². The molecule has 1 saturated carbocycles. The monoisotopic (exact) mass is 405 g/mol. The minimum Gasteiger partial charge on any atom is -0.497 e. The van der Waals surface area contributed by atoms with Crippen LogP contribution in [-0.2, 0) is 16.6 Å². The van der Waals surface area contributed by atoms with Crippen molar-refractivity contribution in [1.29, 1.82) is 0 Å². The molecular weight excluding hydrogens is 374 g/mol. The lowest BCUT2D eigenvalue weighted by Crippen LogP contribution is -2.66. The molecule has 30 heavy (non-hydrogen) atoms. The van der Waals surface area contributed by atoms with Gasteiger partial charge in [-0.3, -0.25) is 10.5 Å². The van der Waals surface area contributed by atoms with Crippen LogP contribution in [0.1, 0.15) is 43.2 Å².